The number of rotatable bonds is 11. The van der Waals surface area contributed by atoms with Crippen molar-refractivity contribution in [2.45, 2.75) is 0 Å². The number of nitrogens with zero attached hydrogens (tertiary/aromatic N) is 1. The molecule has 602 valence electrons. The molecule has 0 fully saturated rings. The number of benzene rings is 18. The molecule has 0 aliphatic heterocycles. The summed E-state index contributed by atoms with van der Waals surface area (Å²) in [5.41, 5.74) is 23.4. The Morgan fingerprint density at radius 1 is 0.184 bits per heavy atom. The molecule has 0 atom stereocenters. The van der Waals surface area contributed by atoms with E-state index in [1.165, 1.54) is 122 Å². The van der Waals surface area contributed by atoms with Crippen LogP contribution in [0, 0.1) is 0 Å². The monoisotopic (exact) mass is 1610 g/mol. The molecule has 125 heavy (non-hydrogen) atoms. The molecule has 22 aromatic rings. The number of hydrogen-bond acceptors (Lipinski definition) is 2. The van der Waals surface area contributed by atoms with Gasteiger partial charge in [-0.1, -0.05) is 504 Å². The van der Waals surface area contributed by atoms with Crippen molar-refractivity contribution in [3.63, 3.8) is 0 Å². The zero-order chi connectivity index (χ0) is 85.0. The summed E-state index contributed by atoms with van der Waals surface area (Å²) in [6.07, 6.45) is 11.6. The van der Waals surface area contributed by atoms with E-state index >= 15 is 0 Å². The maximum atomic E-state index is 5.22. The standard InChI is InChI=1S/C20H14.C18H14.C16H12.C14H12.C12H10.C11H9N.2C10H9N.C10H8O/c1-3-11-17-15(7-1)9-5-13-19(17)20-14-6-10-16-8-2-4-12-18(16)20;1-3-7-15(8-4-1)17-11-13-18(14-12-17)16-9-5-2-6-10-16;1-2-7-13(8-3-1)16-12-6-10-14-9-4-5-11-15(14)16;1-3-7-13(8-4-1)11-12-14-9-5-2-6-10-14;1-3-7-11(8-4-1)12-9-5-2-6-10-12;1-2-6-10(7-3-1)11-8-4-5-9-12-11;3*1-2-5-9(6-3-1)10-7-4-8-11-10/h1-14H;1-14H;1-12H;1-12H;1-10H;1-9H;2*1-8,11H;1-8H. The van der Waals surface area contributed by atoms with Gasteiger partial charge in [0.05, 0.1) is 12.0 Å². The van der Waals surface area contributed by atoms with Crippen LogP contribution in [0.3, 0.4) is 0 Å². The summed E-state index contributed by atoms with van der Waals surface area (Å²) in [5, 5.41) is 7.81. The van der Waals surface area contributed by atoms with Crippen molar-refractivity contribution in [3.8, 4) is 101 Å². The van der Waals surface area contributed by atoms with Crippen molar-refractivity contribution in [2.24, 2.45) is 0 Å². The van der Waals surface area contributed by atoms with Crippen molar-refractivity contribution in [1.29, 1.82) is 0 Å². The first-order chi connectivity index (χ1) is 62.1. The van der Waals surface area contributed by atoms with E-state index in [0.29, 0.717) is 0 Å². The Balaban J connectivity index is 0.000000115. The van der Waals surface area contributed by atoms with E-state index < -0.39 is 0 Å². The molecule has 4 aromatic heterocycles. The third kappa shape index (κ3) is 26.0. The topological polar surface area (TPSA) is 57.6 Å². The molecule has 0 aliphatic carbocycles. The molecule has 0 unspecified atom stereocenters. The van der Waals surface area contributed by atoms with E-state index in [2.05, 4.69) is 379 Å². The predicted molar refractivity (Wildman–Crippen MR) is 534 cm³/mol. The molecular formula is C121H97N3O. The van der Waals surface area contributed by atoms with Gasteiger partial charge in [-0.05, 0) is 159 Å². The summed E-state index contributed by atoms with van der Waals surface area (Å²) >= 11 is 0. The lowest BCUT2D eigenvalue weighted by Gasteiger charge is -2.10. The number of pyridine rings is 1. The van der Waals surface area contributed by atoms with Crippen LogP contribution in [0.5, 0.6) is 0 Å². The maximum absolute atomic E-state index is 5.22. The SMILES string of the molecule is C(=Cc1ccccc1)c1ccccc1.c1ccc(-c2ccc(-c3ccccc3)cc2)cc1.c1ccc(-c2ccc[nH]2)cc1.c1ccc(-c2ccc[nH]2)cc1.c1ccc(-c2cccc3ccccc23)cc1.c1ccc(-c2ccccc2)cc1.c1ccc(-c2ccccn2)cc1.c1ccc(-c2ccco2)cc1.c1ccc2c(-c3cccc4ccccc34)cccc2c1. The van der Waals surface area contributed by atoms with Crippen LogP contribution in [0.2, 0.25) is 0 Å². The molecule has 0 aliphatic rings. The molecule has 22 rings (SSSR count). The van der Waals surface area contributed by atoms with Gasteiger partial charge >= 0.3 is 0 Å². The second-order valence-electron chi connectivity index (χ2n) is 29.0. The highest BCUT2D eigenvalue weighted by atomic mass is 16.3. The summed E-state index contributed by atoms with van der Waals surface area (Å²) in [5.74, 6) is 0.922. The number of nitrogens with one attached hydrogen (secondary N) is 2. The summed E-state index contributed by atoms with van der Waals surface area (Å²) in [4.78, 5) is 10.6. The van der Waals surface area contributed by atoms with Gasteiger partial charge in [-0.2, -0.15) is 0 Å². The highest BCUT2D eigenvalue weighted by Gasteiger charge is 2.09. The van der Waals surface area contributed by atoms with Crippen LogP contribution in [0.25, 0.3) is 145 Å². The Labute approximate surface area is 735 Å². The normalized spacial score (nSPS) is 10.2. The summed E-state index contributed by atoms with van der Waals surface area (Å²) in [6.45, 7) is 0. The highest BCUT2D eigenvalue weighted by Crippen LogP contribution is 2.35. The first-order valence-corrected chi connectivity index (χ1v) is 42.1. The molecule has 4 heteroatoms. The molecule has 0 bridgehead atoms. The quantitative estimate of drug-likeness (QED) is 0.127. The van der Waals surface area contributed by atoms with E-state index in [9.17, 15) is 0 Å². The fourth-order valence-corrected chi connectivity index (χ4v) is 14.2. The van der Waals surface area contributed by atoms with E-state index in [0.717, 1.165) is 22.6 Å². The maximum Gasteiger partial charge on any atom is 0.133 e. The Kier molecular flexibility index (Phi) is 32.1. The van der Waals surface area contributed by atoms with Crippen LogP contribution in [0.4, 0.5) is 0 Å². The van der Waals surface area contributed by atoms with Crippen LogP contribution in [0.15, 0.2) is 569 Å². The van der Waals surface area contributed by atoms with Crippen LogP contribution in [-0.4, -0.2) is 15.0 Å². The van der Waals surface area contributed by atoms with Crippen LogP contribution in [-0.2, 0) is 0 Å². The Bertz CT molecular complexity index is 6200. The molecule has 4 nitrogen and oxygen atoms in total. The number of fused-ring (bicyclic) bond motifs is 3. The largest absolute Gasteiger partial charge is 0.464 e. The Morgan fingerprint density at radius 2 is 0.464 bits per heavy atom. The van der Waals surface area contributed by atoms with E-state index in [4.69, 9.17) is 4.42 Å². The van der Waals surface area contributed by atoms with Gasteiger partial charge in [-0.3, -0.25) is 4.98 Å². The fourth-order valence-electron chi connectivity index (χ4n) is 14.2. The zero-order valence-corrected chi connectivity index (χ0v) is 69.7. The van der Waals surface area contributed by atoms with Gasteiger partial charge in [0.25, 0.3) is 0 Å². The van der Waals surface area contributed by atoms with Crippen LogP contribution in [0.1, 0.15) is 11.1 Å². The average Bonchev–Trinajstić information content (AvgIpc) is 1.70. The number of H-pyrrole nitrogens is 2. The second-order valence-corrected chi connectivity index (χ2v) is 29.0. The van der Waals surface area contributed by atoms with Gasteiger partial charge in [0, 0.05) is 41.1 Å². The third-order valence-corrected chi connectivity index (χ3v) is 20.5. The first kappa shape index (κ1) is 84.9. The van der Waals surface area contributed by atoms with E-state index in [1.54, 1.807) is 6.26 Å². The molecule has 0 amide bonds. The van der Waals surface area contributed by atoms with Crippen molar-refractivity contribution in [3.05, 3.63) is 576 Å². The van der Waals surface area contributed by atoms with E-state index in [-0.39, 0.29) is 0 Å². The lowest BCUT2D eigenvalue weighted by molar-refractivity contribution is 0.582. The van der Waals surface area contributed by atoms with Crippen molar-refractivity contribution in [1.82, 2.24) is 15.0 Å². The summed E-state index contributed by atoms with van der Waals surface area (Å²) in [6, 6.07) is 185. The predicted octanol–water partition coefficient (Wildman–Crippen LogP) is 33.5. The lowest BCUT2D eigenvalue weighted by atomic mass is 9.94. The van der Waals surface area contributed by atoms with Crippen LogP contribution < -0.4 is 0 Å². The Morgan fingerprint density at radius 3 is 0.792 bits per heavy atom. The Hall–Kier alpha value is -16.5. The summed E-state index contributed by atoms with van der Waals surface area (Å²) < 4.78 is 5.22. The van der Waals surface area contributed by atoms with Gasteiger partial charge < -0.3 is 14.4 Å². The molecule has 0 radical (unpaired) electrons. The van der Waals surface area contributed by atoms with Gasteiger partial charge in [-0.25, -0.2) is 0 Å². The van der Waals surface area contributed by atoms with Gasteiger partial charge in [0.2, 0.25) is 0 Å². The van der Waals surface area contributed by atoms with E-state index in [1.807, 2.05) is 207 Å². The number of furan rings is 1. The molecule has 0 saturated carbocycles. The highest BCUT2D eigenvalue weighted by molar-refractivity contribution is 6.05. The number of hydrogen-bond donors (Lipinski definition) is 2. The molecule has 4 heterocycles. The molecule has 2 N–H and O–H groups in total. The van der Waals surface area contributed by atoms with Crippen molar-refractivity contribution >= 4 is 44.5 Å². The molecule has 0 spiro atoms. The molecular weight excluding hydrogens is 1510 g/mol. The zero-order valence-electron chi connectivity index (χ0n) is 69.7. The lowest BCUT2D eigenvalue weighted by Crippen LogP contribution is -1.83. The number of aromatic nitrogens is 3. The number of aromatic amines is 2. The molecule has 18 aromatic carbocycles. The summed E-state index contributed by atoms with van der Waals surface area (Å²) in [7, 11) is 0. The van der Waals surface area contributed by atoms with Gasteiger partial charge in [0.15, 0.2) is 0 Å². The first-order valence-electron chi connectivity index (χ1n) is 42.1. The fraction of sp³-hybridized carbons (Fsp3) is 0. The van der Waals surface area contributed by atoms with Crippen molar-refractivity contribution < 1.29 is 4.42 Å². The second kappa shape index (κ2) is 47.3. The third-order valence-electron chi connectivity index (χ3n) is 20.5. The minimum absolute atomic E-state index is 0.922. The smallest absolute Gasteiger partial charge is 0.133 e. The minimum Gasteiger partial charge on any atom is -0.464 e. The van der Waals surface area contributed by atoms with Crippen molar-refractivity contribution in [2.75, 3.05) is 0 Å². The average molecular weight is 1610 g/mol. The van der Waals surface area contributed by atoms with Crippen LogP contribution >= 0.6 is 0 Å². The van der Waals surface area contributed by atoms with Gasteiger partial charge in [0.1, 0.15) is 5.76 Å². The molecule has 0 saturated heterocycles. The minimum atomic E-state index is 0.922. The van der Waals surface area contributed by atoms with Gasteiger partial charge in [-0.15, -0.1) is 0 Å².